The Bertz CT molecular complexity index is 453. The van der Waals surface area contributed by atoms with E-state index >= 15 is 0 Å². The second-order valence-corrected chi connectivity index (χ2v) is 4.46. The van der Waals surface area contributed by atoms with Crippen LogP contribution < -0.4 is 0 Å². The lowest BCUT2D eigenvalue weighted by Crippen LogP contribution is -1.85. The van der Waals surface area contributed by atoms with Crippen LogP contribution in [0.3, 0.4) is 0 Å². The molecule has 2 rings (SSSR count). The topological polar surface area (TPSA) is 13.1 Å². The van der Waals surface area contributed by atoms with E-state index in [1.54, 1.807) is 0 Å². The van der Waals surface area contributed by atoms with Gasteiger partial charge in [0, 0.05) is 11.8 Å². The predicted molar refractivity (Wildman–Crippen MR) is 68.8 cm³/mol. The lowest BCUT2D eigenvalue weighted by atomic mass is 10.1. The largest absolute Gasteiger partial charge is 0.461 e. The number of hydrogen-bond acceptors (Lipinski definition) is 1. The molecule has 0 amide bonds. The molecule has 1 heterocycles. The second kappa shape index (κ2) is 5.20. The van der Waals surface area contributed by atoms with Crippen molar-refractivity contribution >= 4 is 11.0 Å². The van der Waals surface area contributed by atoms with Crippen LogP contribution in [0.5, 0.6) is 0 Å². The van der Waals surface area contributed by atoms with Crippen molar-refractivity contribution in [1.82, 2.24) is 0 Å². The number of furan rings is 1. The van der Waals surface area contributed by atoms with Crippen LogP contribution in [0.1, 0.15) is 43.9 Å². The van der Waals surface area contributed by atoms with Gasteiger partial charge in [-0.3, -0.25) is 0 Å². The summed E-state index contributed by atoms with van der Waals surface area (Å²) in [5.41, 5.74) is 2.36. The number of para-hydroxylation sites is 1. The molecule has 0 spiro atoms. The quantitative estimate of drug-likeness (QED) is 0.650. The SMILES string of the molecule is CCCCCCc1oc2ccccc2c1C. The number of rotatable bonds is 5. The Morgan fingerprint density at radius 2 is 1.88 bits per heavy atom. The molecule has 2 aromatic rings. The fourth-order valence-electron chi connectivity index (χ4n) is 2.18. The van der Waals surface area contributed by atoms with Crippen LogP contribution in [0, 0.1) is 6.92 Å². The van der Waals surface area contributed by atoms with E-state index in [4.69, 9.17) is 4.42 Å². The third-order valence-corrected chi connectivity index (χ3v) is 3.20. The van der Waals surface area contributed by atoms with Crippen molar-refractivity contribution in [2.75, 3.05) is 0 Å². The first-order valence-corrected chi connectivity index (χ1v) is 6.30. The van der Waals surface area contributed by atoms with Gasteiger partial charge in [0.2, 0.25) is 0 Å². The van der Waals surface area contributed by atoms with Crippen molar-refractivity contribution in [3.05, 3.63) is 35.6 Å². The summed E-state index contributed by atoms with van der Waals surface area (Å²) < 4.78 is 5.88. The van der Waals surface area contributed by atoms with E-state index in [0.29, 0.717) is 0 Å². The molecule has 0 aliphatic carbocycles. The van der Waals surface area contributed by atoms with Crippen molar-refractivity contribution in [1.29, 1.82) is 0 Å². The zero-order valence-corrected chi connectivity index (χ0v) is 10.3. The van der Waals surface area contributed by atoms with Crippen LogP contribution in [0.25, 0.3) is 11.0 Å². The van der Waals surface area contributed by atoms with Gasteiger partial charge >= 0.3 is 0 Å². The van der Waals surface area contributed by atoms with Gasteiger partial charge in [-0.2, -0.15) is 0 Å². The highest BCUT2D eigenvalue weighted by molar-refractivity contribution is 5.81. The molecule has 0 saturated carbocycles. The molecule has 0 saturated heterocycles. The Hall–Kier alpha value is -1.24. The first kappa shape index (κ1) is 11.3. The maximum absolute atomic E-state index is 5.88. The zero-order valence-electron chi connectivity index (χ0n) is 10.3. The summed E-state index contributed by atoms with van der Waals surface area (Å²) in [4.78, 5) is 0. The van der Waals surface area contributed by atoms with Gasteiger partial charge in [0.25, 0.3) is 0 Å². The second-order valence-electron chi connectivity index (χ2n) is 4.46. The van der Waals surface area contributed by atoms with E-state index in [1.807, 2.05) is 6.07 Å². The molecule has 0 fully saturated rings. The minimum absolute atomic E-state index is 1.03. The minimum atomic E-state index is 1.03. The summed E-state index contributed by atoms with van der Waals surface area (Å²) in [5, 5.41) is 1.27. The van der Waals surface area contributed by atoms with E-state index in [1.165, 1.54) is 42.4 Å². The van der Waals surface area contributed by atoms with Crippen LogP contribution in [0.15, 0.2) is 28.7 Å². The Kier molecular flexibility index (Phi) is 3.66. The Labute approximate surface area is 97.5 Å². The molecule has 1 aromatic carbocycles. The van der Waals surface area contributed by atoms with Gasteiger partial charge in [-0.05, 0) is 25.0 Å². The monoisotopic (exact) mass is 216 g/mol. The van der Waals surface area contributed by atoms with E-state index in [0.717, 1.165) is 12.0 Å². The van der Waals surface area contributed by atoms with Crippen molar-refractivity contribution in [3.63, 3.8) is 0 Å². The van der Waals surface area contributed by atoms with E-state index < -0.39 is 0 Å². The zero-order chi connectivity index (χ0) is 11.4. The Morgan fingerprint density at radius 3 is 2.62 bits per heavy atom. The summed E-state index contributed by atoms with van der Waals surface area (Å²) in [5.74, 6) is 1.18. The standard InChI is InChI=1S/C15H20O/c1-3-4-5-6-10-14-12(2)13-9-7-8-11-15(13)16-14/h7-9,11H,3-6,10H2,1-2H3. The Morgan fingerprint density at radius 1 is 1.06 bits per heavy atom. The molecular weight excluding hydrogens is 196 g/mol. The third-order valence-electron chi connectivity index (χ3n) is 3.20. The molecule has 0 N–H and O–H groups in total. The van der Waals surface area contributed by atoms with Gasteiger partial charge in [-0.1, -0.05) is 44.4 Å². The van der Waals surface area contributed by atoms with E-state index in [2.05, 4.69) is 32.0 Å². The minimum Gasteiger partial charge on any atom is -0.461 e. The Balaban J connectivity index is 2.09. The maximum Gasteiger partial charge on any atom is 0.134 e. The normalized spacial score (nSPS) is 11.1. The van der Waals surface area contributed by atoms with E-state index in [-0.39, 0.29) is 0 Å². The van der Waals surface area contributed by atoms with Crippen LogP contribution in [0.4, 0.5) is 0 Å². The number of aryl methyl sites for hydroxylation is 2. The highest BCUT2D eigenvalue weighted by Crippen LogP contribution is 2.26. The first-order valence-electron chi connectivity index (χ1n) is 6.30. The van der Waals surface area contributed by atoms with Crippen LogP contribution in [-0.2, 0) is 6.42 Å². The van der Waals surface area contributed by atoms with Gasteiger partial charge in [-0.15, -0.1) is 0 Å². The first-order chi connectivity index (χ1) is 7.83. The average molecular weight is 216 g/mol. The molecule has 1 nitrogen and oxygen atoms in total. The predicted octanol–water partition coefficient (Wildman–Crippen LogP) is 4.86. The third kappa shape index (κ3) is 2.29. The van der Waals surface area contributed by atoms with E-state index in [9.17, 15) is 0 Å². The number of fused-ring (bicyclic) bond motifs is 1. The van der Waals surface area contributed by atoms with Crippen LogP contribution >= 0.6 is 0 Å². The fourth-order valence-corrected chi connectivity index (χ4v) is 2.18. The van der Waals surface area contributed by atoms with Crippen molar-refractivity contribution < 1.29 is 4.42 Å². The molecule has 0 aliphatic heterocycles. The highest BCUT2D eigenvalue weighted by Gasteiger charge is 2.08. The lowest BCUT2D eigenvalue weighted by Gasteiger charge is -1.98. The molecule has 0 aliphatic rings. The van der Waals surface area contributed by atoms with Crippen molar-refractivity contribution in [3.8, 4) is 0 Å². The summed E-state index contributed by atoms with van der Waals surface area (Å²) in [6.45, 7) is 4.41. The summed E-state index contributed by atoms with van der Waals surface area (Å²) in [6, 6.07) is 8.30. The van der Waals surface area contributed by atoms with Crippen molar-refractivity contribution in [2.45, 2.75) is 46.0 Å². The van der Waals surface area contributed by atoms with Gasteiger partial charge in [0.1, 0.15) is 11.3 Å². The summed E-state index contributed by atoms with van der Waals surface area (Å²) in [7, 11) is 0. The maximum atomic E-state index is 5.88. The molecule has 0 unspecified atom stereocenters. The number of hydrogen-bond donors (Lipinski definition) is 0. The summed E-state index contributed by atoms with van der Waals surface area (Å²) >= 11 is 0. The van der Waals surface area contributed by atoms with Gasteiger partial charge in [0.15, 0.2) is 0 Å². The lowest BCUT2D eigenvalue weighted by molar-refractivity contribution is 0.523. The van der Waals surface area contributed by atoms with Gasteiger partial charge in [-0.25, -0.2) is 0 Å². The molecule has 1 aromatic heterocycles. The number of unbranched alkanes of at least 4 members (excludes halogenated alkanes) is 3. The molecule has 0 atom stereocenters. The van der Waals surface area contributed by atoms with Gasteiger partial charge in [0.05, 0.1) is 0 Å². The van der Waals surface area contributed by atoms with Crippen LogP contribution in [-0.4, -0.2) is 0 Å². The average Bonchev–Trinajstić information content (AvgIpc) is 2.63. The van der Waals surface area contributed by atoms with Crippen LogP contribution in [0.2, 0.25) is 0 Å². The van der Waals surface area contributed by atoms with Crippen molar-refractivity contribution in [2.24, 2.45) is 0 Å². The molecular formula is C15H20O. The summed E-state index contributed by atoms with van der Waals surface area (Å²) in [6.07, 6.45) is 6.26. The number of benzene rings is 1. The molecule has 16 heavy (non-hydrogen) atoms. The molecule has 0 radical (unpaired) electrons. The molecule has 1 heteroatoms. The smallest absolute Gasteiger partial charge is 0.134 e. The van der Waals surface area contributed by atoms with Gasteiger partial charge < -0.3 is 4.42 Å². The highest BCUT2D eigenvalue weighted by atomic mass is 16.3. The molecule has 0 bridgehead atoms. The fraction of sp³-hybridized carbons (Fsp3) is 0.467. The molecule has 86 valence electrons.